The molecule has 0 radical (unpaired) electrons. The monoisotopic (exact) mass is 938 g/mol. The van der Waals surface area contributed by atoms with Crippen LogP contribution in [0.25, 0.3) is 11.1 Å². The first-order valence-electron chi connectivity index (χ1n) is 25.7. The number of likely N-dealkylation sites (tertiary alicyclic amines) is 2. The number of carbonyl (C=O) groups excluding carboxylic acids is 5. The summed E-state index contributed by atoms with van der Waals surface area (Å²) in [6.07, 6.45) is 15.8. The normalized spacial score (nSPS) is 25.8. The maximum Gasteiger partial charge on any atom is 0.407 e. The SMILES string of the molecule is COC(=O)N[C@H](C(=O)N1CCC[C@H]1C1=NC=C(C#Cc2ccc(-c3ccc4c(c3)NC([C@@H]3CCCN3C(=O)[C@@H](NC(=O)OC)C3CCCCC3)=NC4(C)C)c3c2C2CC(=O)C2C3)C1)C1CCCCC1. The summed E-state index contributed by atoms with van der Waals surface area (Å²) < 4.78 is 9.92. The van der Waals surface area contributed by atoms with E-state index in [-0.39, 0.29) is 47.6 Å². The molecule has 4 amide bonds. The number of ketones is 1. The van der Waals surface area contributed by atoms with Crippen molar-refractivity contribution in [1.82, 2.24) is 20.4 Å². The van der Waals surface area contributed by atoms with Gasteiger partial charge in [0.25, 0.3) is 0 Å². The van der Waals surface area contributed by atoms with Crippen molar-refractivity contribution in [2.45, 2.75) is 159 Å². The van der Waals surface area contributed by atoms with Crippen LogP contribution in [0.15, 0.2) is 52.1 Å². The Kier molecular flexibility index (Phi) is 13.2. The number of methoxy groups -OCH3 is 2. The topological polar surface area (TPSA) is 171 Å². The van der Waals surface area contributed by atoms with Crippen LogP contribution in [0.1, 0.15) is 145 Å². The Balaban J connectivity index is 0.869. The summed E-state index contributed by atoms with van der Waals surface area (Å²) in [5.74, 6) is 8.16. The van der Waals surface area contributed by atoms with Gasteiger partial charge < -0.3 is 35.2 Å². The van der Waals surface area contributed by atoms with Crippen LogP contribution in [0.5, 0.6) is 0 Å². The summed E-state index contributed by atoms with van der Waals surface area (Å²) >= 11 is 0. The van der Waals surface area contributed by atoms with E-state index in [9.17, 15) is 24.0 Å². The van der Waals surface area contributed by atoms with Crippen molar-refractivity contribution in [2.75, 3.05) is 32.6 Å². The second-order valence-electron chi connectivity index (χ2n) is 21.2. The number of Topliss-reactive ketones (excluding diaryl/α,β-unsaturated/α-hetero) is 1. The third kappa shape index (κ3) is 9.07. The number of alkyl carbamates (subject to hydrolysis) is 2. The molecule has 364 valence electrons. The van der Waals surface area contributed by atoms with E-state index in [1.54, 1.807) is 0 Å². The average molecular weight is 938 g/mol. The smallest absolute Gasteiger partial charge is 0.407 e. The molecule has 4 heterocycles. The minimum absolute atomic E-state index is 0.0373. The molecule has 4 aliphatic carbocycles. The highest BCUT2D eigenvalue weighted by Crippen LogP contribution is 2.53. The van der Waals surface area contributed by atoms with Crippen molar-refractivity contribution in [1.29, 1.82) is 0 Å². The van der Waals surface area contributed by atoms with Gasteiger partial charge in [-0.3, -0.25) is 24.4 Å². The first-order chi connectivity index (χ1) is 33.4. The summed E-state index contributed by atoms with van der Waals surface area (Å²) in [6.45, 7) is 5.44. The fourth-order valence-corrected chi connectivity index (χ4v) is 13.1. The first kappa shape index (κ1) is 46.7. The fraction of sp³-hybridized carbons (Fsp3) is 0.582. The van der Waals surface area contributed by atoms with E-state index in [1.165, 1.54) is 25.3 Å². The van der Waals surface area contributed by atoms with E-state index < -0.39 is 29.8 Å². The molecule has 6 atom stereocenters. The Morgan fingerprint density at radius 1 is 0.754 bits per heavy atom. The van der Waals surface area contributed by atoms with E-state index in [4.69, 9.17) is 19.5 Å². The molecule has 4 aliphatic heterocycles. The lowest BCUT2D eigenvalue weighted by atomic mass is 9.72. The Morgan fingerprint density at radius 2 is 1.38 bits per heavy atom. The standard InChI is InChI=1S/C55H67N7O7/c1-55(2)41-24-22-36(28-42(41)57-50(60-55)45-18-12-26-62(45)52(65)49(59-54(67)69-4)35-15-9-6-10-16-35)37-23-21-33(47-39(37)29-38-40(47)30-46(38)63)20-19-32-27-43(56-31-32)44-17-11-25-61(44)51(64)48(58-53(66)68-3)34-13-7-5-8-14-34/h21-24,28,31,34-35,38,40,44-45,48-49H,5-18,25-27,29-30H2,1-4H3,(H,57,60)(H,58,66)(H,59,67)/t38?,40?,44-,45-,48-,49-/m0/s1. The van der Waals surface area contributed by atoms with Crippen molar-refractivity contribution in [3.05, 3.63) is 64.4 Å². The molecule has 14 heteroatoms. The van der Waals surface area contributed by atoms with Crippen LogP contribution >= 0.6 is 0 Å². The minimum Gasteiger partial charge on any atom is -0.453 e. The highest BCUT2D eigenvalue weighted by atomic mass is 16.5. The zero-order chi connectivity index (χ0) is 48.0. The average Bonchev–Trinajstić information content (AvgIpc) is 4.20. The Morgan fingerprint density at radius 3 is 2.00 bits per heavy atom. The third-order valence-corrected chi connectivity index (χ3v) is 16.7. The lowest BCUT2D eigenvalue weighted by molar-refractivity contribution is -0.135. The first-order valence-corrected chi connectivity index (χ1v) is 25.7. The van der Waals surface area contributed by atoms with Crippen molar-refractivity contribution in [3.63, 3.8) is 0 Å². The maximum atomic E-state index is 14.4. The number of anilines is 1. The number of fused-ring (bicyclic) bond motifs is 4. The van der Waals surface area contributed by atoms with Gasteiger partial charge in [-0.1, -0.05) is 68.6 Å². The van der Waals surface area contributed by atoms with Crippen LogP contribution in [0.3, 0.4) is 0 Å². The maximum absolute atomic E-state index is 14.4. The predicted octanol–water partition coefficient (Wildman–Crippen LogP) is 8.31. The van der Waals surface area contributed by atoms with Crippen LogP contribution in [-0.2, 0) is 35.8 Å². The zero-order valence-electron chi connectivity index (χ0n) is 40.7. The molecule has 0 aromatic heterocycles. The number of hydrogen-bond acceptors (Lipinski definition) is 10. The highest BCUT2D eigenvalue weighted by molar-refractivity contribution is 6.05. The molecule has 2 unspecified atom stereocenters. The van der Waals surface area contributed by atoms with Crippen LogP contribution in [0.2, 0.25) is 0 Å². The Labute approximate surface area is 405 Å². The van der Waals surface area contributed by atoms with E-state index in [1.807, 2.05) is 16.0 Å². The molecule has 10 rings (SSSR count). The number of hydrogen-bond donors (Lipinski definition) is 3. The van der Waals surface area contributed by atoms with Crippen molar-refractivity contribution in [3.8, 4) is 23.0 Å². The number of allylic oxidation sites excluding steroid dienone is 1. The van der Waals surface area contributed by atoms with Gasteiger partial charge in [0, 0.05) is 72.1 Å². The van der Waals surface area contributed by atoms with E-state index in [0.717, 1.165) is 135 Å². The lowest BCUT2D eigenvalue weighted by Crippen LogP contribution is -2.56. The lowest BCUT2D eigenvalue weighted by Gasteiger charge is -2.38. The van der Waals surface area contributed by atoms with E-state index >= 15 is 0 Å². The quantitative estimate of drug-likeness (QED) is 0.211. The number of carbonyl (C=O) groups is 5. The van der Waals surface area contributed by atoms with E-state index in [2.05, 4.69) is 72.0 Å². The number of amides is 4. The molecule has 5 fully saturated rings. The summed E-state index contributed by atoms with van der Waals surface area (Å²) in [5, 5.41) is 9.50. The van der Waals surface area contributed by atoms with Gasteiger partial charge >= 0.3 is 12.2 Å². The van der Waals surface area contributed by atoms with Gasteiger partial charge in [-0.25, -0.2) is 9.59 Å². The molecule has 69 heavy (non-hydrogen) atoms. The summed E-state index contributed by atoms with van der Waals surface area (Å²) in [7, 11) is 2.67. The molecule has 3 N–H and O–H groups in total. The second kappa shape index (κ2) is 19.4. The van der Waals surface area contributed by atoms with Crippen LogP contribution in [0.4, 0.5) is 15.3 Å². The van der Waals surface area contributed by atoms with Gasteiger partial charge in [0.05, 0.1) is 31.8 Å². The van der Waals surface area contributed by atoms with Crippen molar-refractivity contribution in [2.24, 2.45) is 27.7 Å². The molecule has 0 bridgehead atoms. The number of rotatable bonds is 9. The molecule has 8 aliphatic rings. The molecular weight excluding hydrogens is 871 g/mol. The van der Waals surface area contributed by atoms with Gasteiger partial charge in [0.15, 0.2) is 0 Å². The van der Waals surface area contributed by atoms with Crippen molar-refractivity contribution < 1.29 is 33.4 Å². The van der Waals surface area contributed by atoms with Crippen LogP contribution in [0, 0.1) is 29.6 Å². The highest BCUT2D eigenvalue weighted by Gasteiger charge is 2.49. The molecule has 14 nitrogen and oxygen atoms in total. The number of amidine groups is 1. The van der Waals surface area contributed by atoms with Crippen LogP contribution < -0.4 is 16.0 Å². The summed E-state index contributed by atoms with van der Waals surface area (Å²) in [5.41, 5.74) is 8.70. The molecule has 2 aromatic carbocycles. The number of nitrogens with zero attached hydrogens (tertiary/aromatic N) is 4. The van der Waals surface area contributed by atoms with Gasteiger partial charge in [0.1, 0.15) is 23.7 Å². The van der Waals surface area contributed by atoms with E-state index in [0.29, 0.717) is 38.1 Å². The van der Waals surface area contributed by atoms with Gasteiger partial charge in [-0.2, -0.15) is 0 Å². The summed E-state index contributed by atoms with van der Waals surface area (Å²) in [4.78, 5) is 80.6. The van der Waals surface area contributed by atoms with Crippen molar-refractivity contribution >= 4 is 47.0 Å². The van der Waals surface area contributed by atoms with Crippen LogP contribution in [-0.4, -0.2) is 103 Å². The number of benzene rings is 2. The predicted molar refractivity (Wildman–Crippen MR) is 264 cm³/mol. The number of aliphatic imine (C=N–C) groups is 2. The minimum atomic E-state index is -0.643. The molecular formula is C55H67N7O7. The summed E-state index contributed by atoms with van der Waals surface area (Å²) in [6, 6.07) is 9.11. The van der Waals surface area contributed by atoms with Gasteiger partial charge in [-0.15, -0.1) is 0 Å². The Hall–Kier alpha value is -5.97. The molecule has 3 saturated carbocycles. The molecule has 2 saturated heterocycles. The third-order valence-electron chi connectivity index (χ3n) is 16.7. The molecule has 2 aromatic rings. The van der Waals surface area contributed by atoms with Gasteiger partial charge in [-0.05, 0) is 118 Å². The number of nitrogens with one attached hydrogen (secondary N) is 3. The molecule has 0 spiro atoms. The Bertz CT molecular complexity index is 2580. The van der Waals surface area contributed by atoms with Gasteiger partial charge in [0.2, 0.25) is 11.8 Å². The number of ether oxygens (including phenoxy) is 2. The second-order valence-corrected chi connectivity index (χ2v) is 21.2. The largest absolute Gasteiger partial charge is 0.453 e. The fourth-order valence-electron chi connectivity index (χ4n) is 13.1. The zero-order valence-corrected chi connectivity index (χ0v) is 40.7.